The Hall–Kier alpha value is -2.26. The average Bonchev–Trinajstić information content (AvgIpc) is 3.31. The van der Waals surface area contributed by atoms with Crippen molar-refractivity contribution in [3.63, 3.8) is 0 Å². The minimum Gasteiger partial charge on any atom is -0.463 e. The Balaban J connectivity index is 0.000000469. The van der Waals surface area contributed by atoms with Crippen LogP contribution in [0.2, 0.25) is 10.0 Å². The molecule has 0 saturated carbocycles. The highest BCUT2D eigenvalue weighted by Gasteiger charge is 2.18. The number of nitrogens with one attached hydrogen (secondary N) is 2. The summed E-state index contributed by atoms with van der Waals surface area (Å²) in [5, 5.41) is 10.7. The number of carbonyl (C=O) groups excluding carboxylic acids is 1. The van der Waals surface area contributed by atoms with Crippen LogP contribution in [-0.2, 0) is 9.53 Å². The minimum absolute atomic E-state index is 0.336. The molecule has 1 aliphatic heterocycles. The summed E-state index contributed by atoms with van der Waals surface area (Å²) in [5.41, 5.74) is 1.99. The molecule has 2 heterocycles. The third kappa shape index (κ3) is 7.12. The van der Waals surface area contributed by atoms with E-state index in [1.165, 1.54) is 6.26 Å². The number of hydrogen-bond acceptors (Lipinski definition) is 6. The van der Waals surface area contributed by atoms with E-state index < -0.39 is 10.7 Å². The molecule has 2 aromatic carbocycles. The van der Waals surface area contributed by atoms with Crippen molar-refractivity contribution in [2.24, 2.45) is 0 Å². The fourth-order valence-electron chi connectivity index (χ4n) is 2.95. The lowest BCUT2D eigenvalue weighted by molar-refractivity contribution is -0.114. The summed E-state index contributed by atoms with van der Waals surface area (Å²) in [5.74, 6) is 0.186. The lowest BCUT2D eigenvalue weighted by Crippen LogP contribution is -2.30. The highest BCUT2D eigenvalue weighted by Crippen LogP contribution is 2.37. The molecule has 180 valence electrons. The molecule has 1 aliphatic rings. The number of halogens is 4. The molecular weight excluding hydrogens is 524 g/mol. The molecule has 0 spiro atoms. The summed E-state index contributed by atoms with van der Waals surface area (Å²) in [7, 11) is 0. The molecule has 4 rings (SSSR count). The molecule has 1 aromatic heterocycles. The fourth-order valence-corrected chi connectivity index (χ4v) is 3.65. The highest BCUT2D eigenvalue weighted by molar-refractivity contribution is 6.54. The van der Waals surface area contributed by atoms with Crippen LogP contribution in [0, 0.1) is 0 Å². The normalized spacial score (nSPS) is 13.1. The van der Waals surface area contributed by atoms with Crippen LogP contribution in [0.15, 0.2) is 59.8 Å². The average molecular weight is 545 g/mol. The number of nitrogens with zero attached hydrogens (tertiary/aromatic N) is 1. The van der Waals surface area contributed by atoms with E-state index in [1.807, 2.05) is 0 Å². The fraction of sp³-hybridized carbons (Fsp3) is 0.217. The maximum Gasteiger partial charge on any atom is 0.257 e. The summed E-state index contributed by atoms with van der Waals surface area (Å²) in [6.45, 7) is 7.34. The summed E-state index contributed by atoms with van der Waals surface area (Å²) >= 11 is 23.7. The van der Waals surface area contributed by atoms with Gasteiger partial charge in [0, 0.05) is 30.3 Å². The van der Waals surface area contributed by atoms with E-state index in [2.05, 4.69) is 22.4 Å². The molecule has 2 N–H and O–H groups in total. The number of aromatic nitrogens is 1. The van der Waals surface area contributed by atoms with Crippen molar-refractivity contribution in [2.45, 2.75) is 4.84 Å². The smallest absolute Gasteiger partial charge is 0.257 e. The van der Waals surface area contributed by atoms with Crippen molar-refractivity contribution in [1.29, 1.82) is 0 Å². The first-order chi connectivity index (χ1) is 16.4. The van der Waals surface area contributed by atoms with E-state index in [0.717, 1.165) is 26.3 Å². The largest absolute Gasteiger partial charge is 0.463 e. The van der Waals surface area contributed by atoms with Crippen LogP contribution in [0.3, 0.4) is 0 Å². The number of carbonyl (C=O) groups is 1. The van der Waals surface area contributed by atoms with Crippen molar-refractivity contribution in [2.75, 3.05) is 31.6 Å². The molecular formula is C23H21Cl4N3O4. The number of ether oxygens (including phenoxy) is 2. The van der Waals surface area contributed by atoms with Crippen molar-refractivity contribution < 1.29 is 18.8 Å². The molecule has 0 unspecified atom stereocenters. The van der Waals surface area contributed by atoms with E-state index in [-0.39, 0.29) is 0 Å². The molecule has 0 atom stereocenters. The molecule has 0 bridgehead atoms. The molecule has 1 saturated heterocycles. The van der Waals surface area contributed by atoms with Crippen molar-refractivity contribution in [1.82, 2.24) is 10.5 Å². The third-order valence-electron chi connectivity index (χ3n) is 4.51. The molecule has 3 aromatic rings. The van der Waals surface area contributed by atoms with Crippen molar-refractivity contribution >= 4 is 58.0 Å². The Morgan fingerprint density at radius 1 is 1.15 bits per heavy atom. The molecule has 0 aliphatic carbocycles. The van der Waals surface area contributed by atoms with E-state index in [0.29, 0.717) is 44.1 Å². The zero-order valence-electron chi connectivity index (χ0n) is 17.8. The quantitative estimate of drug-likeness (QED) is 0.284. The first-order valence-electron chi connectivity index (χ1n) is 10.1. The molecule has 11 heteroatoms. The van der Waals surface area contributed by atoms with Crippen LogP contribution in [0.5, 0.6) is 5.75 Å². The van der Waals surface area contributed by atoms with Crippen LogP contribution >= 0.6 is 46.4 Å². The number of hydrogen-bond donors (Lipinski definition) is 2. The topological polar surface area (TPSA) is 85.6 Å². The maximum absolute atomic E-state index is 11.9. The zero-order chi connectivity index (χ0) is 24.5. The van der Waals surface area contributed by atoms with Crippen LogP contribution in [0.25, 0.3) is 22.6 Å². The van der Waals surface area contributed by atoms with Gasteiger partial charge in [-0.05, 0) is 30.3 Å². The Morgan fingerprint density at radius 3 is 2.41 bits per heavy atom. The predicted molar refractivity (Wildman–Crippen MR) is 136 cm³/mol. The van der Waals surface area contributed by atoms with Crippen LogP contribution in [0.1, 0.15) is 0 Å². The van der Waals surface area contributed by atoms with Gasteiger partial charge in [0.25, 0.3) is 5.91 Å². The van der Waals surface area contributed by atoms with Crippen molar-refractivity contribution in [3.05, 3.63) is 65.4 Å². The van der Waals surface area contributed by atoms with Crippen LogP contribution in [-0.4, -0.2) is 42.2 Å². The van der Waals surface area contributed by atoms with Crippen LogP contribution < -0.4 is 15.4 Å². The number of anilines is 1. The van der Waals surface area contributed by atoms with Gasteiger partial charge in [-0.1, -0.05) is 64.2 Å². The van der Waals surface area contributed by atoms with Gasteiger partial charge in [-0.25, -0.2) is 0 Å². The SMILES string of the molecule is C1COCCN1.C=COc1ccc(-c2cc(-c3c(Cl)cccc3Cl)no2)cc1NC(=O)C(Cl)Cl. The maximum atomic E-state index is 11.9. The van der Waals surface area contributed by atoms with Gasteiger partial charge in [-0.15, -0.1) is 0 Å². The van der Waals surface area contributed by atoms with Gasteiger partial charge in [-0.2, -0.15) is 0 Å². The third-order valence-corrected chi connectivity index (χ3v) is 5.53. The molecule has 7 nitrogen and oxygen atoms in total. The Labute approximate surface area is 216 Å². The second-order valence-corrected chi connectivity index (χ2v) is 8.73. The van der Waals surface area contributed by atoms with Gasteiger partial charge >= 0.3 is 0 Å². The van der Waals surface area contributed by atoms with Crippen molar-refractivity contribution in [3.8, 4) is 28.3 Å². The number of amides is 1. The summed E-state index contributed by atoms with van der Waals surface area (Å²) in [6.07, 6.45) is 1.23. The molecule has 1 fully saturated rings. The first-order valence-corrected chi connectivity index (χ1v) is 11.7. The lowest BCUT2D eigenvalue weighted by atomic mass is 10.1. The summed E-state index contributed by atoms with van der Waals surface area (Å²) < 4.78 is 15.7. The molecule has 0 radical (unpaired) electrons. The Morgan fingerprint density at radius 2 is 1.85 bits per heavy atom. The predicted octanol–water partition coefficient (Wildman–Crippen LogP) is 6.19. The Kier molecular flexibility index (Phi) is 10.1. The van der Waals surface area contributed by atoms with Gasteiger partial charge in [-0.3, -0.25) is 4.79 Å². The number of alkyl halides is 2. The van der Waals surface area contributed by atoms with Gasteiger partial charge in [0.15, 0.2) is 10.6 Å². The van der Waals surface area contributed by atoms with E-state index >= 15 is 0 Å². The number of morpholine rings is 1. The minimum atomic E-state index is -1.24. The second kappa shape index (κ2) is 13.0. The van der Waals surface area contributed by atoms with Crippen LogP contribution in [0.4, 0.5) is 5.69 Å². The zero-order valence-corrected chi connectivity index (χ0v) is 20.8. The second-order valence-electron chi connectivity index (χ2n) is 6.82. The highest BCUT2D eigenvalue weighted by atomic mass is 35.5. The van der Waals surface area contributed by atoms with Gasteiger partial charge < -0.3 is 24.6 Å². The lowest BCUT2D eigenvalue weighted by Gasteiger charge is -2.11. The molecule has 34 heavy (non-hydrogen) atoms. The van der Waals surface area contributed by atoms with Gasteiger partial charge in [0.1, 0.15) is 11.4 Å². The molecule has 1 amide bonds. The summed E-state index contributed by atoms with van der Waals surface area (Å²) in [4.78, 5) is 10.6. The van der Waals surface area contributed by atoms with E-state index in [1.54, 1.807) is 42.5 Å². The standard InChI is InChI=1S/C19H12Cl4N2O3.C4H9NO/c1-2-27-15-7-6-10(8-13(15)24-19(26)18(22)23)16-9-14(25-28-16)17-11(20)4-3-5-12(17)21;1-3-6-4-2-5-1/h2-9,18H,1H2,(H,24,26);5H,1-4H2. The van der Waals surface area contributed by atoms with Gasteiger partial charge in [0.2, 0.25) is 0 Å². The Bertz CT molecular complexity index is 1100. The number of benzene rings is 2. The first kappa shape index (κ1) is 26.3. The number of rotatable bonds is 6. The summed E-state index contributed by atoms with van der Waals surface area (Å²) in [6, 6.07) is 11.8. The van der Waals surface area contributed by atoms with Gasteiger partial charge in [0.05, 0.1) is 35.2 Å². The monoisotopic (exact) mass is 543 g/mol. The van der Waals surface area contributed by atoms with E-state index in [4.69, 9.17) is 60.4 Å². The van der Waals surface area contributed by atoms with E-state index in [9.17, 15) is 4.79 Å².